The fourth-order valence-electron chi connectivity index (χ4n) is 6.35. The molecule has 4 aromatic rings. The maximum absolute atomic E-state index is 13.5. The molecule has 0 saturated carbocycles. The van der Waals surface area contributed by atoms with E-state index in [2.05, 4.69) is 34.4 Å². The molecule has 0 spiro atoms. The van der Waals surface area contributed by atoms with Crippen molar-refractivity contribution in [3.63, 3.8) is 0 Å². The number of fused-ring (bicyclic) bond motifs is 2. The molecule has 13 nitrogen and oxygen atoms in total. The van der Waals surface area contributed by atoms with E-state index in [9.17, 15) is 18.0 Å². The standard InChI is InChI=1S/C36H43N7O6S/c1-22-20-42(21-23(2)48-22)33-9-7-8-29(41-33)30-11-10-24-17-37-27(16-31(24)40-30)19-38-34(44)25-14-26(18-39-35(45)49-36(3,4)5)28-12-13-43(32(28)15-25)50(6,46)47/h7-11,14-17,22-23H,12-13,18-21H2,1-6H3,(H,38,44)(H,39,45)/t22-,23+. The van der Waals surface area contributed by atoms with E-state index in [4.69, 9.17) is 19.4 Å². The van der Waals surface area contributed by atoms with Crippen molar-refractivity contribution < 1.29 is 27.5 Å². The van der Waals surface area contributed by atoms with Gasteiger partial charge in [0, 0.05) is 43.3 Å². The first-order valence-corrected chi connectivity index (χ1v) is 18.5. The van der Waals surface area contributed by atoms with Crippen LogP contribution in [0.5, 0.6) is 0 Å². The molecule has 1 saturated heterocycles. The zero-order valence-corrected chi connectivity index (χ0v) is 30.0. The van der Waals surface area contributed by atoms with Gasteiger partial charge in [0.1, 0.15) is 11.4 Å². The van der Waals surface area contributed by atoms with Crippen molar-refractivity contribution in [1.29, 1.82) is 0 Å². The Morgan fingerprint density at radius 1 is 0.980 bits per heavy atom. The third kappa shape index (κ3) is 8.13. The lowest BCUT2D eigenvalue weighted by Crippen LogP contribution is -2.45. The van der Waals surface area contributed by atoms with E-state index in [0.29, 0.717) is 28.9 Å². The van der Waals surface area contributed by atoms with Crippen LogP contribution in [0.1, 0.15) is 61.8 Å². The van der Waals surface area contributed by atoms with E-state index in [1.807, 2.05) is 36.4 Å². The largest absolute Gasteiger partial charge is 0.444 e. The normalized spacial score (nSPS) is 17.8. The van der Waals surface area contributed by atoms with Crippen LogP contribution in [0, 0.1) is 0 Å². The molecule has 0 unspecified atom stereocenters. The molecule has 50 heavy (non-hydrogen) atoms. The number of nitrogens with one attached hydrogen (secondary N) is 2. The smallest absolute Gasteiger partial charge is 0.407 e. The number of hydrogen-bond donors (Lipinski definition) is 2. The summed E-state index contributed by atoms with van der Waals surface area (Å²) in [7, 11) is -3.58. The second-order valence-corrected chi connectivity index (χ2v) is 15.8. The summed E-state index contributed by atoms with van der Waals surface area (Å²) >= 11 is 0. The highest BCUT2D eigenvalue weighted by molar-refractivity contribution is 7.92. The molecule has 5 heterocycles. The van der Waals surface area contributed by atoms with Gasteiger partial charge in [0.25, 0.3) is 5.91 Å². The molecule has 1 fully saturated rings. The number of aromatic nitrogens is 3. The molecule has 2 amide bonds. The molecule has 0 radical (unpaired) electrons. The van der Waals surface area contributed by atoms with Gasteiger partial charge in [0.05, 0.1) is 53.3 Å². The average Bonchev–Trinajstić information content (AvgIpc) is 3.50. The Kier molecular flexibility index (Phi) is 9.69. The second kappa shape index (κ2) is 13.8. The van der Waals surface area contributed by atoms with Crippen LogP contribution in [0.2, 0.25) is 0 Å². The molecule has 2 aliphatic heterocycles. The summed E-state index contributed by atoms with van der Waals surface area (Å²) in [4.78, 5) is 42.4. The van der Waals surface area contributed by atoms with Crippen LogP contribution < -0.4 is 19.8 Å². The van der Waals surface area contributed by atoms with Gasteiger partial charge >= 0.3 is 6.09 Å². The Balaban J connectivity index is 1.20. The van der Waals surface area contributed by atoms with Gasteiger partial charge in [-0.05, 0) is 94.6 Å². The van der Waals surface area contributed by atoms with Gasteiger partial charge in [-0.25, -0.2) is 23.2 Å². The van der Waals surface area contributed by atoms with E-state index in [1.54, 1.807) is 39.1 Å². The maximum atomic E-state index is 13.5. The summed E-state index contributed by atoms with van der Waals surface area (Å²) in [6.07, 6.45) is 2.93. The van der Waals surface area contributed by atoms with Crippen LogP contribution in [0.25, 0.3) is 22.3 Å². The number of amides is 2. The van der Waals surface area contributed by atoms with Crippen molar-refractivity contribution in [3.05, 3.63) is 77.1 Å². The minimum Gasteiger partial charge on any atom is -0.444 e. The number of carbonyl (C=O) groups excluding carboxylic acids is 2. The lowest BCUT2D eigenvalue weighted by atomic mass is 10.0. The molecule has 2 aliphatic rings. The summed E-state index contributed by atoms with van der Waals surface area (Å²) < 4.78 is 37.7. The topological polar surface area (TPSA) is 156 Å². The van der Waals surface area contributed by atoms with Crippen molar-refractivity contribution in [2.75, 3.05) is 35.1 Å². The van der Waals surface area contributed by atoms with E-state index in [1.165, 1.54) is 4.31 Å². The zero-order chi connectivity index (χ0) is 35.8. The highest BCUT2D eigenvalue weighted by Crippen LogP contribution is 2.34. The molecule has 0 aliphatic carbocycles. The van der Waals surface area contributed by atoms with E-state index in [0.717, 1.165) is 47.5 Å². The summed E-state index contributed by atoms with van der Waals surface area (Å²) in [6.45, 7) is 11.4. The van der Waals surface area contributed by atoms with Crippen LogP contribution in [-0.2, 0) is 39.0 Å². The first-order valence-electron chi connectivity index (χ1n) is 16.6. The minimum absolute atomic E-state index is 0.0681. The summed E-state index contributed by atoms with van der Waals surface area (Å²) in [5, 5.41) is 6.48. The number of nitrogens with zero attached hydrogens (tertiary/aromatic N) is 5. The third-order valence-electron chi connectivity index (χ3n) is 8.44. The fraction of sp³-hybridized carbons (Fsp3) is 0.417. The SMILES string of the molecule is C[C@@H]1CN(c2cccc(-c3ccc4cnc(CNC(=O)c5cc(CNC(=O)OC(C)(C)C)c6c(c5)N(S(C)(=O)=O)CC6)cc4n3)n2)C[C@H](C)O1. The van der Waals surface area contributed by atoms with E-state index < -0.39 is 27.6 Å². The van der Waals surface area contributed by atoms with Gasteiger partial charge in [-0.15, -0.1) is 0 Å². The molecule has 264 valence electrons. The average molecular weight is 702 g/mol. The molecule has 14 heteroatoms. The zero-order valence-electron chi connectivity index (χ0n) is 29.2. The fourth-order valence-corrected chi connectivity index (χ4v) is 7.30. The number of hydrogen-bond acceptors (Lipinski definition) is 10. The van der Waals surface area contributed by atoms with Crippen LogP contribution in [0.4, 0.5) is 16.3 Å². The Morgan fingerprint density at radius 2 is 1.72 bits per heavy atom. The quantitative estimate of drug-likeness (QED) is 0.267. The van der Waals surface area contributed by atoms with Gasteiger partial charge in [0.2, 0.25) is 10.0 Å². The maximum Gasteiger partial charge on any atom is 0.407 e. The Bertz CT molecular complexity index is 2040. The summed E-state index contributed by atoms with van der Waals surface area (Å²) in [5.74, 6) is 0.461. The predicted octanol–water partition coefficient (Wildman–Crippen LogP) is 4.58. The number of anilines is 2. The summed E-state index contributed by atoms with van der Waals surface area (Å²) in [5.41, 5.74) is 4.18. The minimum atomic E-state index is -3.58. The lowest BCUT2D eigenvalue weighted by molar-refractivity contribution is -0.00546. The molecular weight excluding hydrogens is 659 g/mol. The Hall–Kier alpha value is -4.82. The molecule has 3 aromatic heterocycles. The second-order valence-electron chi connectivity index (χ2n) is 13.9. The molecular formula is C36H43N7O6S. The van der Waals surface area contributed by atoms with Gasteiger partial charge < -0.3 is 25.0 Å². The third-order valence-corrected chi connectivity index (χ3v) is 9.62. The first kappa shape index (κ1) is 35.0. The first-order chi connectivity index (χ1) is 23.6. The number of sulfonamides is 1. The number of pyridine rings is 3. The van der Waals surface area contributed by atoms with Crippen molar-refractivity contribution in [2.24, 2.45) is 0 Å². The van der Waals surface area contributed by atoms with Crippen molar-refractivity contribution in [1.82, 2.24) is 25.6 Å². The van der Waals surface area contributed by atoms with Gasteiger partial charge in [-0.3, -0.25) is 14.1 Å². The van der Waals surface area contributed by atoms with Crippen molar-refractivity contribution in [2.45, 2.75) is 71.9 Å². The Morgan fingerprint density at radius 3 is 2.44 bits per heavy atom. The molecule has 2 N–H and O–H groups in total. The number of ether oxygens (including phenoxy) is 2. The van der Waals surface area contributed by atoms with Crippen molar-refractivity contribution in [3.8, 4) is 11.4 Å². The van der Waals surface area contributed by atoms with Crippen LogP contribution >= 0.6 is 0 Å². The monoisotopic (exact) mass is 701 g/mol. The van der Waals surface area contributed by atoms with Crippen molar-refractivity contribution >= 4 is 44.4 Å². The number of alkyl carbamates (subject to hydrolysis) is 1. The van der Waals surface area contributed by atoms with Crippen LogP contribution in [-0.4, -0.2) is 79.1 Å². The highest BCUT2D eigenvalue weighted by Gasteiger charge is 2.30. The van der Waals surface area contributed by atoms with Crippen LogP contribution in [0.15, 0.2) is 54.7 Å². The number of benzene rings is 1. The number of morpholine rings is 1. The molecule has 1 aromatic carbocycles. The lowest BCUT2D eigenvalue weighted by Gasteiger charge is -2.36. The van der Waals surface area contributed by atoms with E-state index in [-0.39, 0.29) is 37.4 Å². The number of carbonyl (C=O) groups is 2. The number of rotatable bonds is 8. The molecule has 2 atom stereocenters. The van der Waals surface area contributed by atoms with Gasteiger partial charge in [0.15, 0.2) is 0 Å². The highest BCUT2D eigenvalue weighted by atomic mass is 32.2. The van der Waals surface area contributed by atoms with Gasteiger partial charge in [-0.1, -0.05) is 6.07 Å². The molecule has 0 bridgehead atoms. The summed E-state index contributed by atoms with van der Waals surface area (Å²) in [6, 6.07) is 14.9. The van der Waals surface area contributed by atoms with Crippen LogP contribution in [0.3, 0.4) is 0 Å². The Labute approximate surface area is 292 Å². The predicted molar refractivity (Wildman–Crippen MR) is 192 cm³/mol. The van der Waals surface area contributed by atoms with E-state index >= 15 is 0 Å². The van der Waals surface area contributed by atoms with Gasteiger partial charge in [-0.2, -0.15) is 0 Å². The molecule has 6 rings (SSSR count).